The number of nitrogens with one attached hydrogen (secondary N) is 2. The van der Waals surface area contributed by atoms with Crippen LogP contribution < -0.4 is 10.6 Å². The van der Waals surface area contributed by atoms with Crippen molar-refractivity contribution < 1.29 is 9.00 Å². The number of likely N-dealkylation sites (N-methyl/N-ethyl adjacent to an activating group) is 1. The molecule has 0 aromatic rings. The molecular formula is C8H18N2O2S. The van der Waals surface area contributed by atoms with Crippen LogP contribution >= 0.6 is 0 Å². The van der Waals surface area contributed by atoms with E-state index < -0.39 is 10.8 Å². The van der Waals surface area contributed by atoms with E-state index in [4.69, 9.17) is 0 Å². The van der Waals surface area contributed by atoms with E-state index in [1.54, 1.807) is 13.2 Å². The Kier molecular flexibility index (Phi) is 6.80. The number of amides is 1. The fraction of sp³-hybridized carbons (Fsp3) is 0.875. The summed E-state index contributed by atoms with van der Waals surface area (Å²) in [6, 6.07) is -0.205. The van der Waals surface area contributed by atoms with Crippen molar-refractivity contribution in [3.05, 3.63) is 0 Å². The first-order valence-corrected chi connectivity index (χ1v) is 6.11. The lowest BCUT2D eigenvalue weighted by Crippen LogP contribution is -2.43. The topological polar surface area (TPSA) is 58.2 Å². The Bertz CT molecular complexity index is 185. The summed E-state index contributed by atoms with van der Waals surface area (Å²) < 4.78 is 10.7. The average molecular weight is 206 g/mol. The minimum atomic E-state index is -0.793. The number of hydrogen-bond acceptors (Lipinski definition) is 3. The van der Waals surface area contributed by atoms with Crippen LogP contribution in [0.2, 0.25) is 0 Å². The van der Waals surface area contributed by atoms with E-state index in [0.717, 1.165) is 0 Å². The van der Waals surface area contributed by atoms with Crippen LogP contribution in [0.1, 0.15) is 13.8 Å². The summed E-state index contributed by atoms with van der Waals surface area (Å²) >= 11 is 0. The minimum absolute atomic E-state index is 0.00983. The lowest BCUT2D eigenvalue weighted by molar-refractivity contribution is -0.122. The van der Waals surface area contributed by atoms with Gasteiger partial charge < -0.3 is 10.6 Å². The van der Waals surface area contributed by atoms with Crippen LogP contribution in [0.15, 0.2) is 0 Å². The van der Waals surface area contributed by atoms with Gasteiger partial charge in [0, 0.05) is 35.9 Å². The van der Waals surface area contributed by atoms with Gasteiger partial charge in [-0.15, -0.1) is 0 Å². The Morgan fingerprint density at radius 3 is 2.62 bits per heavy atom. The van der Waals surface area contributed by atoms with Crippen molar-refractivity contribution in [1.82, 2.24) is 10.6 Å². The Morgan fingerprint density at radius 1 is 1.54 bits per heavy atom. The molecule has 5 heteroatoms. The van der Waals surface area contributed by atoms with Crippen LogP contribution in [-0.4, -0.2) is 41.3 Å². The van der Waals surface area contributed by atoms with Gasteiger partial charge in [0.2, 0.25) is 5.91 Å². The maximum Gasteiger partial charge on any atom is 0.236 e. The van der Waals surface area contributed by atoms with E-state index in [-0.39, 0.29) is 11.9 Å². The van der Waals surface area contributed by atoms with E-state index in [9.17, 15) is 9.00 Å². The highest BCUT2D eigenvalue weighted by Gasteiger charge is 2.09. The molecule has 4 nitrogen and oxygen atoms in total. The smallest absolute Gasteiger partial charge is 0.236 e. The van der Waals surface area contributed by atoms with Gasteiger partial charge in [0.25, 0.3) is 0 Å². The second kappa shape index (κ2) is 7.03. The third-order valence-corrected chi connectivity index (χ3v) is 2.36. The first-order valence-electron chi connectivity index (χ1n) is 4.39. The molecule has 0 heterocycles. The van der Waals surface area contributed by atoms with Gasteiger partial charge in [-0.3, -0.25) is 9.00 Å². The predicted octanol–water partition coefficient (Wildman–Crippen LogP) is -0.521. The van der Waals surface area contributed by atoms with Gasteiger partial charge in [-0.25, -0.2) is 0 Å². The SMILES string of the molecule is CCNC(=O)C(C)NCCS(C)=O. The van der Waals surface area contributed by atoms with Crippen molar-refractivity contribution in [3.63, 3.8) is 0 Å². The highest BCUT2D eigenvalue weighted by molar-refractivity contribution is 7.84. The number of hydrogen-bond donors (Lipinski definition) is 2. The van der Waals surface area contributed by atoms with Gasteiger partial charge in [-0.2, -0.15) is 0 Å². The normalized spacial score (nSPS) is 15.0. The van der Waals surface area contributed by atoms with Crippen LogP contribution in [0.3, 0.4) is 0 Å². The molecule has 0 saturated heterocycles. The lowest BCUT2D eigenvalue weighted by atomic mass is 10.3. The first kappa shape index (κ1) is 12.6. The van der Waals surface area contributed by atoms with Crippen molar-refractivity contribution in [1.29, 1.82) is 0 Å². The highest BCUT2D eigenvalue weighted by atomic mass is 32.2. The Labute approximate surface area is 81.9 Å². The summed E-state index contributed by atoms with van der Waals surface area (Å²) in [5.41, 5.74) is 0. The fourth-order valence-corrected chi connectivity index (χ4v) is 1.24. The van der Waals surface area contributed by atoms with Gasteiger partial charge in [-0.05, 0) is 13.8 Å². The van der Waals surface area contributed by atoms with Crippen molar-refractivity contribution in [3.8, 4) is 0 Å². The molecule has 0 radical (unpaired) electrons. The van der Waals surface area contributed by atoms with Crippen molar-refractivity contribution in [2.75, 3.05) is 25.1 Å². The molecule has 0 aliphatic rings. The van der Waals surface area contributed by atoms with E-state index >= 15 is 0 Å². The molecule has 2 unspecified atom stereocenters. The average Bonchev–Trinajstić information content (AvgIpc) is 2.04. The molecule has 0 spiro atoms. The first-order chi connectivity index (χ1) is 6.07. The minimum Gasteiger partial charge on any atom is -0.355 e. The van der Waals surface area contributed by atoms with Crippen molar-refractivity contribution in [2.24, 2.45) is 0 Å². The Morgan fingerprint density at radius 2 is 2.15 bits per heavy atom. The molecule has 2 atom stereocenters. The standard InChI is InChI=1S/C8H18N2O2S/c1-4-9-8(11)7(2)10-5-6-13(3)12/h7,10H,4-6H2,1-3H3,(H,9,11). The third-order valence-electron chi connectivity index (χ3n) is 1.58. The quantitative estimate of drug-likeness (QED) is 0.615. The van der Waals surface area contributed by atoms with Gasteiger partial charge in [0.05, 0.1) is 6.04 Å². The van der Waals surface area contributed by atoms with Crippen molar-refractivity contribution >= 4 is 16.7 Å². The summed E-state index contributed by atoms with van der Waals surface area (Å²) in [5.74, 6) is 0.577. The zero-order chi connectivity index (χ0) is 10.3. The van der Waals surface area contributed by atoms with Crippen LogP contribution in [-0.2, 0) is 15.6 Å². The van der Waals surface area contributed by atoms with Crippen LogP contribution in [0.4, 0.5) is 0 Å². The molecule has 0 saturated carbocycles. The van der Waals surface area contributed by atoms with Crippen molar-refractivity contribution in [2.45, 2.75) is 19.9 Å². The summed E-state index contributed by atoms with van der Waals surface area (Å²) in [7, 11) is -0.793. The Hall–Kier alpha value is -0.420. The molecule has 2 N–H and O–H groups in total. The monoisotopic (exact) mass is 206 g/mol. The molecule has 0 rings (SSSR count). The summed E-state index contributed by atoms with van der Waals surface area (Å²) in [5, 5.41) is 5.70. The molecule has 78 valence electrons. The fourth-order valence-electron chi connectivity index (χ4n) is 0.839. The summed E-state index contributed by atoms with van der Waals surface area (Å²) in [6.07, 6.45) is 1.65. The van der Waals surface area contributed by atoms with Gasteiger partial charge in [-0.1, -0.05) is 0 Å². The molecule has 0 aliphatic heterocycles. The maximum absolute atomic E-state index is 11.2. The van der Waals surface area contributed by atoms with E-state index in [0.29, 0.717) is 18.8 Å². The lowest BCUT2D eigenvalue weighted by Gasteiger charge is -2.12. The van der Waals surface area contributed by atoms with E-state index in [1.807, 2.05) is 6.92 Å². The van der Waals surface area contributed by atoms with Gasteiger partial charge in [0.15, 0.2) is 0 Å². The highest BCUT2D eigenvalue weighted by Crippen LogP contribution is 1.81. The van der Waals surface area contributed by atoms with E-state index in [1.165, 1.54) is 0 Å². The molecule has 0 fully saturated rings. The molecule has 0 aromatic heterocycles. The molecule has 0 aromatic carbocycles. The molecule has 0 aliphatic carbocycles. The zero-order valence-electron chi connectivity index (χ0n) is 8.42. The van der Waals surface area contributed by atoms with E-state index in [2.05, 4.69) is 10.6 Å². The number of rotatable bonds is 6. The molecule has 1 amide bonds. The maximum atomic E-state index is 11.2. The summed E-state index contributed by atoms with van der Waals surface area (Å²) in [6.45, 7) is 4.93. The second-order valence-electron chi connectivity index (χ2n) is 2.85. The second-order valence-corrected chi connectivity index (χ2v) is 4.40. The van der Waals surface area contributed by atoms with Gasteiger partial charge >= 0.3 is 0 Å². The number of carbonyl (C=O) groups excluding carboxylic acids is 1. The predicted molar refractivity (Wildman–Crippen MR) is 55.1 cm³/mol. The van der Waals surface area contributed by atoms with Gasteiger partial charge in [0.1, 0.15) is 0 Å². The zero-order valence-corrected chi connectivity index (χ0v) is 9.24. The largest absolute Gasteiger partial charge is 0.355 e. The molecule has 13 heavy (non-hydrogen) atoms. The Balaban J connectivity index is 3.55. The molecular weight excluding hydrogens is 188 g/mol. The number of carbonyl (C=O) groups is 1. The third kappa shape index (κ3) is 6.72. The summed E-state index contributed by atoms with van der Waals surface area (Å²) in [4.78, 5) is 11.2. The van der Waals surface area contributed by atoms with Crippen LogP contribution in [0.25, 0.3) is 0 Å². The molecule has 0 bridgehead atoms. The van der Waals surface area contributed by atoms with Crippen LogP contribution in [0.5, 0.6) is 0 Å². The van der Waals surface area contributed by atoms with Crippen LogP contribution in [0, 0.1) is 0 Å².